The van der Waals surface area contributed by atoms with Gasteiger partial charge < -0.3 is 4.84 Å². The first-order valence-corrected chi connectivity index (χ1v) is 3.77. The number of imidazole rings is 1. The van der Waals surface area contributed by atoms with Gasteiger partial charge in [0, 0.05) is 0 Å². The van der Waals surface area contributed by atoms with Crippen LogP contribution in [0.15, 0.2) is 24.5 Å². The van der Waals surface area contributed by atoms with Crippen LogP contribution in [0, 0.1) is 11.3 Å². The number of para-hydroxylation sites is 1. The topological polar surface area (TPSA) is 50.8 Å². The Kier molecular flexibility index (Phi) is 1.64. The van der Waals surface area contributed by atoms with Crippen molar-refractivity contribution in [2.75, 3.05) is 7.11 Å². The van der Waals surface area contributed by atoms with Crippen molar-refractivity contribution in [1.29, 1.82) is 5.26 Å². The highest BCUT2D eigenvalue weighted by Crippen LogP contribution is 2.15. The molecule has 0 amide bonds. The van der Waals surface area contributed by atoms with E-state index in [4.69, 9.17) is 10.1 Å². The summed E-state index contributed by atoms with van der Waals surface area (Å²) in [6.45, 7) is 0. The average molecular weight is 173 g/mol. The molecule has 0 aliphatic carbocycles. The van der Waals surface area contributed by atoms with Gasteiger partial charge in [-0.1, -0.05) is 6.07 Å². The minimum Gasteiger partial charge on any atom is -0.416 e. The van der Waals surface area contributed by atoms with Crippen LogP contribution in [0.1, 0.15) is 5.56 Å². The molecule has 0 N–H and O–H groups in total. The predicted octanol–water partition coefficient (Wildman–Crippen LogP) is 0.966. The van der Waals surface area contributed by atoms with Crippen molar-refractivity contribution in [3.05, 3.63) is 30.1 Å². The molecular weight excluding hydrogens is 166 g/mol. The molecule has 4 nitrogen and oxygen atoms in total. The number of hydrogen-bond donors (Lipinski definition) is 0. The molecule has 0 aliphatic heterocycles. The van der Waals surface area contributed by atoms with Gasteiger partial charge in [0.15, 0.2) is 0 Å². The first-order valence-electron chi connectivity index (χ1n) is 3.77. The average Bonchev–Trinajstić information content (AvgIpc) is 2.60. The molecule has 0 saturated carbocycles. The second-order valence-electron chi connectivity index (χ2n) is 2.54. The van der Waals surface area contributed by atoms with E-state index < -0.39 is 0 Å². The lowest BCUT2D eigenvalue weighted by Crippen LogP contribution is -2.02. The highest BCUT2D eigenvalue weighted by molar-refractivity contribution is 5.81. The summed E-state index contributed by atoms with van der Waals surface area (Å²) in [5, 5.41) is 8.78. The van der Waals surface area contributed by atoms with E-state index in [1.54, 1.807) is 25.6 Å². The molecule has 0 fully saturated rings. The van der Waals surface area contributed by atoms with E-state index in [9.17, 15) is 0 Å². The molecule has 1 aromatic carbocycles. The van der Waals surface area contributed by atoms with Gasteiger partial charge in [-0.05, 0) is 12.1 Å². The number of aromatic nitrogens is 2. The molecule has 4 heteroatoms. The van der Waals surface area contributed by atoms with E-state index in [1.165, 1.54) is 4.73 Å². The highest BCUT2D eigenvalue weighted by Gasteiger charge is 2.05. The number of rotatable bonds is 1. The zero-order chi connectivity index (χ0) is 9.26. The van der Waals surface area contributed by atoms with E-state index >= 15 is 0 Å². The summed E-state index contributed by atoms with van der Waals surface area (Å²) in [6, 6.07) is 7.46. The van der Waals surface area contributed by atoms with E-state index in [-0.39, 0.29) is 0 Å². The first kappa shape index (κ1) is 7.62. The van der Waals surface area contributed by atoms with E-state index in [2.05, 4.69) is 11.1 Å². The summed E-state index contributed by atoms with van der Waals surface area (Å²) < 4.78 is 1.52. The Morgan fingerprint density at radius 1 is 1.54 bits per heavy atom. The SMILES string of the molecule is COn1cnc2c(C#N)cccc21. The lowest BCUT2D eigenvalue weighted by atomic mass is 10.2. The summed E-state index contributed by atoms with van der Waals surface area (Å²) in [5.41, 5.74) is 2.04. The van der Waals surface area contributed by atoms with Crippen molar-refractivity contribution in [2.24, 2.45) is 0 Å². The molecule has 1 aromatic heterocycles. The Hall–Kier alpha value is -2.02. The Labute approximate surface area is 74.9 Å². The van der Waals surface area contributed by atoms with Crippen molar-refractivity contribution < 1.29 is 4.84 Å². The molecule has 1 heterocycles. The molecular formula is C9H7N3O. The van der Waals surface area contributed by atoms with E-state index in [0.29, 0.717) is 11.1 Å². The fourth-order valence-electron chi connectivity index (χ4n) is 1.25. The third-order valence-electron chi connectivity index (χ3n) is 1.86. The van der Waals surface area contributed by atoms with Gasteiger partial charge in [-0.3, -0.25) is 0 Å². The number of benzene rings is 1. The minimum atomic E-state index is 0.563. The van der Waals surface area contributed by atoms with Gasteiger partial charge in [0.25, 0.3) is 0 Å². The zero-order valence-electron chi connectivity index (χ0n) is 7.06. The molecule has 0 unspecified atom stereocenters. The minimum absolute atomic E-state index is 0.563. The molecule has 0 atom stereocenters. The van der Waals surface area contributed by atoms with Crippen molar-refractivity contribution in [3.8, 4) is 6.07 Å². The summed E-state index contributed by atoms with van der Waals surface area (Å²) in [5.74, 6) is 0. The van der Waals surface area contributed by atoms with Crippen molar-refractivity contribution >= 4 is 11.0 Å². The van der Waals surface area contributed by atoms with E-state index in [0.717, 1.165) is 5.52 Å². The molecule has 2 aromatic rings. The van der Waals surface area contributed by atoms with Gasteiger partial charge in [0.1, 0.15) is 30.5 Å². The van der Waals surface area contributed by atoms with Gasteiger partial charge in [0.2, 0.25) is 0 Å². The molecule has 0 bridgehead atoms. The molecule has 0 spiro atoms. The monoisotopic (exact) mass is 173 g/mol. The Morgan fingerprint density at radius 2 is 2.38 bits per heavy atom. The smallest absolute Gasteiger partial charge is 0.133 e. The maximum absolute atomic E-state index is 8.78. The number of fused-ring (bicyclic) bond motifs is 1. The second kappa shape index (κ2) is 2.79. The standard InChI is InChI=1S/C9H7N3O/c1-13-12-6-11-9-7(5-10)3-2-4-8(9)12/h2-4,6H,1H3. The lowest BCUT2D eigenvalue weighted by molar-refractivity contribution is 0.177. The number of hydrogen-bond acceptors (Lipinski definition) is 3. The van der Waals surface area contributed by atoms with Crippen LogP contribution in [0.3, 0.4) is 0 Å². The largest absolute Gasteiger partial charge is 0.416 e. The highest BCUT2D eigenvalue weighted by atomic mass is 16.6. The molecule has 13 heavy (non-hydrogen) atoms. The maximum atomic E-state index is 8.78. The summed E-state index contributed by atoms with van der Waals surface area (Å²) in [4.78, 5) is 9.09. The van der Waals surface area contributed by atoms with Crippen molar-refractivity contribution in [1.82, 2.24) is 9.71 Å². The van der Waals surface area contributed by atoms with Crippen LogP contribution in [0.2, 0.25) is 0 Å². The second-order valence-corrected chi connectivity index (χ2v) is 2.54. The van der Waals surface area contributed by atoms with E-state index in [1.807, 2.05) is 6.07 Å². The van der Waals surface area contributed by atoms with Gasteiger partial charge in [-0.2, -0.15) is 9.99 Å². The van der Waals surface area contributed by atoms with Crippen LogP contribution in [0.4, 0.5) is 0 Å². The van der Waals surface area contributed by atoms with Crippen LogP contribution < -0.4 is 4.84 Å². The summed E-state index contributed by atoms with van der Waals surface area (Å²) >= 11 is 0. The summed E-state index contributed by atoms with van der Waals surface area (Å²) in [7, 11) is 1.56. The maximum Gasteiger partial charge on any atom is 0.133 e. The Balaban J connectivity index is 2.81. The number of nitrogens with zero attached hydrogens (tertiary/aromatic N) is 3. The lowest BCUT2D eigenvalue weighted by Gasteiger charge is -1.99. The Bertz CT molecular complexity index is 481. The first-order chi connectivity index (χ1) is 6.36. The summed E-state index contributed by atoms with van der Waals surface area (Å²) in [6.07, 6.45) is 1.55. The van der Waals surface area contributed by atoms with Gasteiger partial charge >= 0.3 is 0 Å². The fourth-order valence-corrected chi connectivity index (χ4v) is 1.25. The van der Waals surface area contributed by atoms with Crippen LogP contribution in [-0.4, -0.2) is 16.8 Å². The Morgan fingerprint density at radius 3 is 3.08 bits per heavy atom. The molecule has 2 rings (SSSR count). The molecule has 0 radical (unpaired) electrons. The van der Waals surface area contributed by atoms with Gasteiger partial charge in [-0.15, -0.1) is 0 Å². The third kappa shape index (κ3) is 1.02. The van der Waals surface area contributed by atoms with Gasteiger partial charge in [0.05, 0.1) is 5.56 Å². The van der Waals surface area contributed by atoms with Crippen molar-refractivity contribution in [2.45, 2.75) is 0 Å². The van der Waals surface area contributed by atoms with Crippen LogP contribution in [-0.2, 0) is 0 Å². The van der Waals surface area contributed by atoms with Gasteiger partial charge in [-0.25, -0.2) is 4.98 Å². The normalized spacial score (nSPS) is 9.85. The van der Waals surface area contributed by atoms with Crippen LogP contribution >= 0.6 is 0 Å². The molecule has 0 saturated heterocycles. The van der Waals surface area contributed by atoms with Crippen LogP contribution in [0.25, 0.3) is 11.0 Å². The van der Waals surface area contributed by atoms with Crippen LogP contribution in [0.5, 0.6) is 0 Å². The number of nitriles is 1. The quantitative estimate of drug-likeness (QED) is 0.645. The van der Waals surface area contributed by atoms with Crippen molar-refractivity contribution in [3.63, 3.8) is 0 Å². The molecule has 64 valence electrons. The predicted molar refractivity (Wildman–Crippen MR) is 47.0 cm³/mol. The zero-order valence-corrected chi connectivity index (χ0v) is 7.06. The fraction of sp³-hybridized carbons (Fsp3) is 0.111. The third-order valence-corrected chi connectivity index (χ3v) is 1.86. The molecule has 0 aliphatic rings.